The van der Waals surface area contributed by atoms with Gasteiger partial charge in [0.2, 0.25) is 0 Å². The molecule has 0 bridgehead atoms. The summed E-state index contributed by atoms with van der Waals surface area (Å²) < 4.78 is 6.61. The van der Waals surface area contributed by atoms with E-state index in [0.717, 1.165) is 36.7 Å². The molecule has 0 amide bonds. The SMILES string of the molecule is OC(CCCI)C1CCCCO1. The van der Waals surface area contributed by atoms with Crippen LogP contribution in [0.4, 0.5) is 0 Å². The van der Waals surface area contributed by atoms with E-state index >= 15 is 0 Å². The van der Waals surface area contributed by atoms with E-state index < -0.39 is 0 Å². The van der Waals surface area contributed by atoms with Gasteiger partial charge in [-0.1, -0.05) is 22.6 Å². The summed E-state index contributed by atoms with van der Waals surface area (Å²) >= 11 is 2.34. The summed E-state index contributed by atoms with van der Waals surface area (Å²) in [7, 11) is 0. The highest BCUT2D eigenvalue weighted by Crippen LogP contribution is 2.18. The van der Waals surface area contributed by atoms with E-state index in [1.807, 2.05) is 0 Å². The van der Waals surface area contributed by atoms with Gasteiger partial charge in [-0.15, -0.1) is 0 Å². The quantitative estimate of drug-likeness (QED) is 0.633. The Kier molecular flexibility index (Phi) is 5.50. The molecule has 1 rings (SSSR count). The lowest BCUT2D eigenvalue weighted by Gasteiger charge is -2.26. The molecule has 0 aromatic rings. The van der Waals surface area contributed by atoms with Crippen LogP contribution in [0.5, 0.6) is 0 Å². The fourth-order valence-corrected chi connectivity index (χ4v) is 1.98. The van der Waals surface area contributed by atoms with Crippen LogP contribution in [-0.4, -0.2) is 28.3 Å². The Balaban J connectivity index is 2.15. The van der Waals surface area contributed by atoms with Crippen molar-refractivity contribution in [3.05, 3.63) is 0 Å². The first-order chi connectivity index (χ1) is 5.84. The third-order valence-electron chi connectivity index (χ3n) is 2.28. The number of ether oxygens (including phenoxy) is 1. The Morgan fingerprint density at radius 3 is 2.92 bits per heavy atom. The van der Waals surface area contributed by atoms with Crippen molar-refractivity contribution in [1.82, 2.24) is 0 Å². The van der Waals surface area contributed by atoms with E-state index in [0.29, 0.717) is 0 Å². The molecule has 3 heteroatoms. The molecule has 2 unspecified atom stereocenters. The van der Waals surface area contributed by atoms with Gasteiger partial charge < -0.3 is 9.84 Å². The highest BCUT2D eigenvalue weighted by Gasteiger charge is 2.21. The lowest BCUT2D eigenvalue weighted by atomic mass is 10.0. The molecule has 0 aliphatic carbocycles. The van der Waals surface area contributed by atoms with Crippen LogP contribution in [0.2, 0.25) is 0 Å². The largest absolute Gasteiger partial charge is 0.390 e. The molecule has 0 aromatic heterocycles. The Morgan fingerprint density at radius 1 is 1.50 bits per heavy atom. The van der Waals surface area contributed by atoms with Gasteiger partial charge in [0.25, 0.3) is 0 Å². The van der Waals surface area contributed by atoms with Crippen molar-refractivity contribution in [2.24, 2.45) is 0 Å². The number of rotatable bonds is 4. The minimum Gasteiger partial charge on any atom is -0.390 e. The van der Waals surface area contributed by atoms with Crippen LogP contribution >= 0.6 is 22.6 Å². The second-order valence-electron chi connectivity index (χ2n) is 3.30. The molecule has 1 heterocycles. The second kappa shape index (κ2) is 6.16. The van der Waals surface area contributed by atoms with Crippen molar-refractivity contribution in [1.29, 1.82) is 0 Å². The lowest BCUT2D eigenvalue weighted by molar-refractivity contribution is -0.0641. The van der Waals surface area contributed by atoms with E-state index in [1.54, 1.807) is 0 Å². The topological polar surface area (TPSA) is 29.5 Å². The minimum absolute atomic E-state index is 0.127. The summed E-state index contributed by atoms with van der Waals surface area (Å²) in [5.41, 5.74) is 0. The van der Waals surface area contributed by atoms with Gasteiger partial charge in [-0.3, -0.25) is 0 Å². The van der Waals surface area contributed by atoms with Crippen molar-refractivity contribution in [2.75, 3.05) is 11.0 Å². The molecule has 12 heavy (non-hydrogen) atoms. The van der Waals surface area contributed by atoms with Gasteiger partial charge in [0, 0.05) is 6.61 Å². The standard InChI is InChI=1S/C9H17IO2/c10-6-3-4-8(11)9-5-1-2-7-12-9/h8-9,11H,1-7H2. The molecular formula is C9H17IO2. The molecule has 1 N–H and O–H groups in total. The van der Waals surface area contributed by atoms with Crippen molar-refractivity contribution < 1.29 is 9.84 Å². The molecule has 0 spiro atoms. The Labute approximate surface area is 87.8 Å². The smallest absolute Gasteiger partial charge is 0.0833 e. The molecule has 0 aromatic carbocycles. The van der Waals surface area contributed by atoms with Gasteiger partial charge in [-0.2, -0.15) is 0 Å². The first-order valence-corrected chi connectivity index (χ1v) is 6.23. The van der Waals surface area contributed by atoms with Crippen LogP contribution in [0.3, 0.4) is 0 Å². The maximum Gasteiger partial charge on any atom is 0.0833 e. The number of aliphatic hydroxyl groups is 1. The molecule has 1 aliphatic heterocycles. The fraction of sp³-hybridized carbons (Fsp3) is 1.00. The van der Waals surface area contributed by atoms with Crippen molar-refractivity contribution in [2.45, 2.75) is 44.3 Å². The van der Waals surface area contributed by atoms with Gasteiger partial charge in [-0.05, 0) is 36.5 Å². The average Bonchev–Trinajstić information content (AvgIpc) is 2.15. The van der Waals surface area contributed by atoms with Crippen LogP contribution in [-0.2, 0) is 4.74 Å². The Hall–Kier alpha value is 0.650. The molecule has 2 atom stereocenters. The number of hydrogen-bond acceptors (Lipinski definition) is 2. The molecule has 1 saturated heterocycles. The second-order valence-corrected chi connectivity index (χ2v) is 4.38. The van der Waals surface area contributed by atoms with Crippen LogP contribution in [0.15, 0.2) is 0 Å². The fourth-order valence-electron chi connectivity index (χ4n) is 1.54. The van der Waals surface area contributed by atoms with Crippen molar-refractivity contribution in [3.63, 3.8) is 0 Å². The summed E-state index contributed by atoms with van der Waals surface area (Å²) in [5.74, 6) is 0. The van der Waals surface area contributed by atoms with Gasteiger partial charge in [0.1, 0.15) is 0 Å². The van der Waals surface area contributed by atoms with E-state index in [2.05, 4.69) is 22.6 Å². The summed E-state index contributed by atoms with van der Waals surface area (Å²) in [6, 6.07) is 0. The number of hydrogen-bond donors (Lipinski definition) is 1. The minimum atomic E-state index is -0.222. The highest BCUT2D eigenvalue weighted by molar-refractivity contribution is 14.1. The van der Waals surface area contributed by atoms with Gasteiger partial charge in [-0.25, -0.2) is 0 Å². The predicted octanol–water partition coefficient (Wildman–Crippen LogP) is 2.13. The lowest BCUT2D eigenvalue weighted by Crippen LogP contribution is -2.32. The van der Waals surface area contributed by atoms with Crippen molar-refractivity contribution in [3.8, 4) is 0 Å². The van der Waals surface area contributed by atoms with E-state index in [-0.39, 0.29) is 12.2 Å². The predicted molar refractivity (Wildman–Crippen MR) is 57.7 cm³/mol. The maximum atomic E-state index is 9.68. The van der Waals surface area contributed by atoms with Crippen LogP contribution in [0.25, 0.3) is 0 Å². The number of alkyl halides is 1. The Bertz CT molecular complexity index is 113. The number of halogens is 1. The van der Waals surface area contributed by atoms with Gasteiger partial charge in [0.15, 0.2) is 0 Å². The first-order valence-electron chi connectivity index (χ1n) is 4.70. The zero-order chi connectivity index (χ0) is 8.81. The van der Waals surface area contributed by atoms with E-state index in [1.165, 1.54) is 6.42 Å². The van der Waals surface area contributed by atoms with Crippen molar-refractivity contribution >= 4 is 22.6 Å². The molecule has 2 nitrogen and oxygen atoms in total. The van der Waals surface area contributed by atoms with E-state index in [4.69, 9.17) is 4.74 Å². The molecule has 0 radical (unpaired) electrons. The zero-order valence-corrected chi connectivity index (χ0v) is 9.50. The van der Waals surface area contributed by atoms with Crippen LogP contribution < -0.4 is 0 Å². The molecule has 72 valence electrons. The molecule has 0 saturated carbocycles. The highest BCUT2D eigenvalue weighted by atomic mass is 127. The Morgan fingerprint density at radius 2 is 2.33 bits per heavy atom. The summed E-state index contributed by atoms with van der Waals surface area (Å²) in [6.45, 7) is 0.839. The zero-order valence-electron chi connectivity index (χ0n) is 7.34. The first kappa shape index (κ1) is 10.7. The molecule has 1 fully saturated rings. The van der Waals surface area contributed by atoms with Gasteiger partial charge >= 0.3 is 0 Å². The molecular weight excluding hydrogens is 267 g/mol. The number of aliphatic hydroxyl groups excluding tert-OH is 1. The molecule has 1 aliphatic rings. The maximum absolute atomic E-state index is 9.68. The monoisotopic (exact) mass is 284 g/mol. The average molecular weight is 284 g/mol. The summed E-state index contributed by atoms with van der Waals surface area (Å²) in [6.07, 6.45) is 5.32. The van der Waals surface area contributed by atoms with Crippen LogP contribution in [0.1, 0.15) is 32.1 Å². The normalized spacial score (nSPS) is 27.0. The third-order valence-corrected chi connectivity index (χ3v) is 3.04. The summed E-state index contributed by atoms with van der Waals surface area (Å²) in [5, 5.41) is 9.68. The van der Waals surface area contributed by atoms with Crippen LogP contribution in [0, 0.1) is 0 Å². The summed E-state index contributed by atoms with van der Waals surface area (Å²) in [4.78, 5) is 0. The van der Waals surface area contributed by atoms with Gasteiger partial charge in [0.05, 0.1) is 12.2 Å². The third kappa shape index (κ3) is 3.58. The van der Waals surface area contributed by atoms with E-state index in [9.17, 15) is 5.11 Å².